The lowest BCUT2D eigenvalue weighted by molar-refractivity contribution is -0.143. The molecule has 4 N–H and O–H groups in total. The zero-order valence-corrected chi connectivity index (χ0v) is 24.9. The Morgan fingerprint density at radius 3 is 2.58 bits per heavy atom. The molecule has 2 heterocycles. The maximum absolute atomic E-state index is 13.9. The first-order valence-corrected chi connectivity index (χ1v) is 16.2. The van der Waals surface area contributed by atoms with Crippen molar-refractivity contribution in [2.75, 3.05) is 25.9 Å². The first-order valence-electron chi connectivity index (χ1n) is 13.5. The van der Waals surface area contributed by atoms with Gasteiger partial charge in [0.25, 0.3) is 0 Å². The molecule has 0 radical (unpaired) electrons. The van der Waals surface area contributed by atoms with Crippen LogP contribution in [0.4, 0.5) is 0 Å². The van der Waals surface area contributed by atoms with Crippen molar-refractivity contribution in [3.63, 3.8) is 0 Å². The summed E-state index contributed by atoms with van der Waals surface area (Å²) in [5.41, 5.74) is 8.33. The van der Waals surface area contributed by atoms with E-state index in [1.54, 1.807) is 23.1 Å². The van der Waals surface area contributed by atoms with Gasteiger partial charge in [0, 0.05) is 38.3 Å². The van der Waals surface area contributed by atoms with Gasteiger partial charge in [0.2, 0.25) is 21.8 Å². The van der Waals surface area contributed by atoms with E-state index in [1.807, 2.05) is 18.2 Å². The van der Waals surface area contributed by atoms with Crippen molar-refractivity contribution in [3.05, 3.63) is 69.7 Å². The van der Waals surface area contributed by atoms with E-state index in [0.717, 1.165) is 24.7 Å². The molecule has 0 bridgehead atoms. The highest BCUT2D eigenvalue weighted by Crippen LogP contribution is 2.30. The van der Waals surface area contributed by atoms with Crippen molar-refractivity contribution in [2.24, 2.45) is 5.73 Å². The Hall–Kier alpha value is -2.21. The molecule has 12 heteroatoms. The van der Waals surface area contributed by atoms with Crippen molar-refractivity contribution in [3.8, 4) is 0 Å². The number of nitrogens with zero attached hydrogens (tertiary/aromatic N) is 2. The molecule has 2 saturated heterocycles. The molecule has 2 aromatic carbocycles. The number of carbonyl (C=O) groups is 2. The summed E-state index contributed by atoms with van der Waals surface area (Å²) in [4.78, 5) is 31.3. The van der Waals surface area contributed by atoms with E-state index in [9.17, 15) is 18.0 Å². The third-order valence-electron chi connectivity index (χ3n) is 7.63. The molecule has 4 atom stereocenters. The van der Waals surface area contributed by atoms with Crippen molar-refractivity contribution in [2.45, 2.75) is 62.8 Å². The fourth-order valence-electron chi connectivity index (χ4n) is 5.66. The van der Waals surface area contributed by atoms with E-state index in [0.29, 0.717) is 36.0 Å². The predicted molar refractivity (Wildman–Crippen MR) is 158 cm³/mol. The van der Waals surface area contributed by atoms with Crippen molar-refractivity contribution >= 4 is 45.0 Å². The van der Waals surface area contributed by atoms with E-state index in [1.165, 1.54) is 5.56 Å². The number of fused-ring (bicyclic) bond motifs is 1. The van der Waals surface area contributed by atoms with E-state index in [4.69, 9.17) is 28.9 Å². The number of benzene rings is 2. The second kappa shape index (κ2) is 13.6. The minimum absolute atomic E-state index is 0.0266. The van der Waals surface area contributed by atoms with Gasteiger partial charge in [-0.25, -0.2) is 13.1 Å². The van der Waals surface area contributed by atoms with Crippen LogP contribution >= 0.6 is 23.2 Å². The highest BCUT2D eigenvalue weighted by atomic mass is 35.5. The Bertz CT molecular complexity index is 1300. The van der Waals surface area contributed by atoms with Gasteiger partial charge >= 0.3 is 0 Å². The van der Waals surface area contributed by atoms with E-state index >= 15 is 0 Å². The Morgan fingerprint density at radius 1 is 1.12 bits per heavy atom. The zero-order valence-electron chi connectivity index (χ0n) is 22.6. The largest absolute Gasteiger partial charge is 0.350 e. The average Bonchev–Trinajstić information content (AvgIpc) is 3.25. The summed E-state index contributed by atoms with van der Waals surface area (Å²) in [7, 11) is -3.46. The van der Waals surface area contributed by atoms with Crippen molar-refractivity contribution in [1.29, 1.82) is 0 Å². The summed E-state index contributed by atoms with van der Waals surface area (Å²) < 4.78 is 25.9. The number of aryl methyl sites for hydroxylation is 1. The predicted octanol–water partition coefficient (Wildman–Crippen LogP) is 2.55. The summed E-state index contributed by atoms with van der Waals surface area (Å²) in [6.07, 6.45) is 4.18. The molecule has 9 nitrogen and oxygen atoms in total. The fourth-order valence-corrected chi connectivity index (χ4v) is 6.47. The summed E-state index contributed by atoms with van der Waals surface area (Å²) >= 11 is 12.1. The van der Waals surface area contributed by atoms with Crippen LogP contribution in [0.15, 0.2) is 48.5 Å². The summed E-state index contributed by atoms with van der Waals surface area (Å²) in [5, 5.41) is 3.70. The average molecular weight is 611 g/mol. The number of nitrogens with two attached hydrogens (primary N) is 1. The number of hydrogen-bond donors (Lipinski definition) is 3. The number of amides is 2. The van der Waals surface area contributed by atoms with Crippen LogP contribution in [0.25, 0.3) is 0 Å². The maximum atomic E-state index is 13.9. The van der Waals surface area contributed by atoms with Gasteiger partial charge in [-0.2, -0.15) is 0 Å². The second-order valence-electron chi connectivity index (χ2n) is 10.6. The van der Waals surface area contributed by atoms with E-state index in [2.05, 4.69) is 27.1 Å². The molecule has 40 heavy (non-hydrogen) atoms. The van der Waals surface area contributed by atoms with Gasteiger partial charge in [-0.1, -0.05) is 59.6 Å². The molecule has 2 aliphatic heterocycles. The lowest BCUT2D eigenvalue weighted by atomic mass is 10.0. The molecule has 1 unspecified atom stereocenters. The highest BCUT2D eigenvalue weighted by Gasteiger charge is 2.45. The van der Waals surface area contributed by atoms with Gasteiger partial charge in [0.05, 0.1) is 22.3 Å². The SMILES string of the molecule is CS(=O)(=O)NCC[C@H](C(=O)NCc1ccc(Cl)c(Cl)c1)N1CCC(CCc2ccccc2)N2C[C@H](N)C[C@H]2C1=O. The fraction of sp³-hybridized carbons (Fsp3) is 0.500. The summed E-state index contributed by atoms with van der Waals surface area (Å²) in [5.74, 6) is -0.490. The molecule has 2 aliphatic rings. The molecular weight excluding hydrogens is 573 g/mol. The standard InChI is InChI=1S/C28H37Cl2N5O4S/c1-40(38,39)33-13-11-25(27(36)32-17-20-8-10-23(29)24(30)15-20)34-14-12-22(9-7-19-5-3-2-4-6-19)35-18-21(31)16-26(35)28(34)37/h2-6,8,10,15,21-22,25-26,33H,7,9,11-14,16-18,31H2,1H3,(H,32,36)/t21-,22?,25-,26+/m1/s1. The second-order valence-corrected chi connectivity index (χ2v) is 13.3. The van der Waals surface area contributed by atoms with Gasteiger partial charge in [0.15, 0.2) is 0 Å². The van der Waals surface area contributed by atoms with Crippen LogP contribution in [0.1, 0.15) is 36.8 Å². The Labute approximate surface area is 246 Å². The molecule has 0 saturated carbocycles. The molecule has 0 spiro atoms. The van der Waals surface area contributed by atoms with Crippen molar-refractivity contribution < 1.29 is 18.0 Å². The van der Waals surface area contributed by atoms with Crippen LogP contribution in [0.5, 0.6) is 0 Å². The lowest BCUT2D eigenvalue weighted by Gasteiger charge is -2.32. The third-order valence-corrected chi connectivity index (χ3v) is 9.10. The number of nitrogens with one attached hydrogen (secondary N) is 2. The Kier molecular flexibility index (Phi) is 10.5. The van der Waals surface area contributed by atoms with Gasteiger partial charge in [-0.15, -0.1) is 0 Å². The lowest BCUT2D eigenvalue weighted by Crippen LogP contribution is -2.54. The van der Waals surface area contributed by atoms with E-state index in [-0.39, 0.29) is 43.4 Å². The number of rotatable bonds is 11. The van der Waals surface area contributed by atoms with E-state index < -0.39 is 22.1 Å². The smallest absolute Gasteiger partial charge is 0.243 e. The number of carbonyl (C=O) groups excluding carboxylic acids is 2. The molecule has 2 amide bonds. The monoisotopic (exact) mass is 609 g/mol. The molecule has 4 rings (SSSR count). The minimum atomic E-state index is -3.46. The van der Waals surface area contributed by atoms with Gasteiger partial charge < -0.3 is 16.0 Å². The van der Waals surface area contributed by atoms with Crippen LogP contribution in [0.2, 0.25) is 10.0 Å². The maximum Gasteiger partial charge on any atom is 0.243 e. The normalized spacial score (nSPS) is 22.6. The Morgan fingerprint density at radius 2 is 1.88 bits per heavy atom. The molecule has 0 aliphatic carbocycles. The first-order chi connectivity index (χ1) is 19.0. The van der Waals surface area contributed by atoms with Gasteiger partial charge in [-0.05, 0) is 55.4 Å². The number of sulfonamides is 1. The van der Waals surface area contributed by atoms with Gasteiger partial charge in [-0.3, -0.25) is 14.5 Å². The zero-order chi connectivity index (χ0) is 28.9. The molecule has 2 fully saturated rings. The molecule has 2 aromatic rings. The molecule has 0 aromatic heterocycles. The van der Waals surface area contributed by atoms with Crippen LogP contribution < -0.4 is 15.8 Å². The van der Waals surface area contributed by atoms with Crippen molar-refractivity contribution in [1.82, 2.24) is 19.8 Å². The quantitative estimate of drug-likeness (QED) is 0.359. The van der Waals surface area contributed by atoms with Gasteiger partial charge in [0.1, 0.15) is 6.04 Å². The van der Waals surface area contributed by atoms with Crippen LogP contribution in [0, 0.1) is 0 Å². The number of hydrogen-bond acceptors (Lipinski definition) is 6. The third kappa shape index (κ3) is 8.18. The number of halogens is 2. The molecule has 218 valence electrons. The molecular formula is C28H37Cl2N5O4S. The highest BCUT2D eigenvalue weighted by molar-refractivity contribution is 7.88. The van der Waals surface area contributed by atoms with Crippen LogP contribution in [0.3, 0.4) is 0 Å². The minimum Gasteiger partial charge on any atom is -0.350 e. The topological polar surface area (TPSA) is 125 Å². The Balaban J connectivity index is 1.52. The van der Waals surface area contributed by atoms with Crippen LogP contribution in [-0.2, 0) is 32.6 Å². The van der Waals surface area contributed by atoms with Crippen LogP contribution in [-0.4, -0.2) is 80.1 Å². The summed E-state index contributed by atoms with van der Waals surface area (Å²) in [6, 6.07) is 14.1. The summed E-state index contributed by atoms with van der Waals surface area (Å²) in [6.45, 7) is 1.24. The first kappa shape index (κ1) is 30.7.